The van der Waals surface area contributed by atoms with Crippen LogP contribution in [0.3, 0.4) is 0 Å². The summed E-state index contributed by atoms with van der Waals surface area (Å²) in [7, 11) is 4.53. The Morgan fingerprint density at radius 2 is 2.00 bits per heavy atom. The average Bonchev–Trinajstić information content (AvgIpc) is 2.83. The largest absolute Gasteiger partial charge is 0.378 e. The van der Waals surface area contributed by atoms with E-state index in [1.54, 1.807) is 0 Å². The first kappa shape index (κ1) is 13.3. The molecule has 0 unspecified atom stereocenters. The van der Waals surface area contributed by atoms with Gasteiger partial charge in [0, 0.05) is 12.6 Å². The van der Waals surface area contributed by atoms with Gasteiger partial charge in [-0.15, -0.1) is 0 Å². The van der Waals surface area contributed by atoms with Gasteiger partial charge < -0.3 is 14.5 Å². The van der Waals surface area contributed by atoms with E-state index in [0.29, 0.717) is 6.10 Å². The molecule has 3 heteroatoms. The van der Waals surface area contributed by atoms with Crippen molar-refractivity contribution in [2.24, 2.45) is 0 Å². The van der Waals surface area contributed by atoms with Crippen molar-refractivity contribution in [3.05, 3.63) is 0 Å². The molecule has 0 bridgehead atoms. The fraction of sp³-hybridized carbons (Fsp3) is 1.00. The first-order valence-electron chi connectivity index (χ1n) is 7.26. The summed E-state index contributed by atoms with van der Waals surface area (Å²) in [5.74, 6) is 0. The molecule has 17 heavy (non-hydrogen) atoms. The van der Waals surface area contributed by atoms with Crippen LogP contribution in [-0.4, -0.2) is 62.3 Å². The minimum atomic E-state index is 0.570. The van der Waals surface area contributed by atoms with Gasteiger partial charge in [0.15, 0.2) is 0 Å². The van der Waals surface area contributed by atoms with Gasteiger partial charge in [0.25, 0.3) is 0 Å². The SMILES string of the molecule is CN1CCC(N(C)CCC[C@@H]2CCCO2)CC1. The Bertz CT molecular complexity index is 208. The molecule has 2 aliphatic rings. The topological polar surface area (TPSA) is 15.7 Å². The molecule has 2 saturated heterocycles. The lowest BCUT2D eigenvalue weighted by Gasteiger charge is -2.35. The molecular formula is C14H28N2O. The zero-order chi connectivity index (χ0) is 12.1. The van der Waals surface area contributed by atoms with Crippen molar-refractivity contribution in [2.45, 2.75) is 50.7 Å². The molecular weight excluding hydrogens is 212 g/mol. The summed E-state index contributed by atoms with van der Waals surface area (Å²) in [6.07, 6.45) is 8.37. The number of ether oxygens (including phenoxy) is 1. The van der Waals surface area contributed by atoms with Gasteiger partial charge in [-0.05, 0) is 72.3 Å². The lowest BCUT2D eigenvalue weighted by molar-refractivity contribution is 0.0936. The maximum absolute atomic E-state index is 5.67. The summed E-state index contributed by atoms with van der Waals surface area (Å²) in [5.41, 5.74) is 0. The highest BCUT2D eigenvalue weighted by atomic mass is 16.5. The van der Waals surface area contributed by atoms with Crippen LogP contribution in [0.2, 0.25) is 0 Å². The molecule has 2 heterocycles. The van der Waals surface area contributed by atoms with E-state index in [2.05, 4.69) is 23.9 Å². The van der Waals surface area contributed by atoms with Crippen molar-refractivity contribution in [1.82, 2.24) is 9.80 Å². The maximum atomic E-state index is 5.67. The van der Waals surface area contributed by atoms with Gasteiger partial charge in [-0.1, -0.05) is 0 Å². The summed E-state index contributed by atoms with van der Waals surface area (Å²) in [6, 6.07) is 0.815. The van der Waals surface area contributed by atoms with Crippen LogP contribution in [0.5, 0.6) is 0 Å². The molecule has 0 radical (unpaired) electrons. The molecule has 0 N–H and O–H groups in total. The second-order valence-corrected chi connectivity index (χ2v) is 5.79. The smallest absolute Gasteiger partial charge is 0.0576 e. The first-order valence-corrected chi connectivity index (χ1v) is 7.26. The van der Waals surface area contributed by atoms with Gasteiger partial charge in [-0.25, -0.2) is 0 Å². The van der Waals surface area contributed by atoms with Crippen molar-refractivity contribution in [2.75, 3.05) is 40.3 Å². The third-order valence-corrected chi connectivity index (χ3v) is 4.37. The van der Waals surface area contributed by atoms with Crippen LogP contribution >= 0.6 is 0 Å². The number of likely N-dealkylation sites (tertiary alicyclic amines) is 1. The van der Waals surface area contributed by atoms with Crippen LogP contribution in [0.4, 0.5) is 0 Å². The Morgan fingerprint density at radius 1 is 1.24 bits per heavy atom. The second kappa shape index (κ2) is 6.72. The zero-order valence-electron chi connectivity index (χ0n) is 11.5. The lowest BCUT2D eigenvalue weighted by Crippen LogP contribution is -2.42. The minimum absolute atomic E-state index is 0.570. The number of rotatable bonds is 5. The van der Waals surface area contributed by atoms with Crippen LogP contribution in [0.15, 0.2) is 0 Å². The van der Waals surface area contributed by atoms with E-state index >= 15 is 0 Å². The van der Waals surface area contributed by atoms with Gasteiger partial charge in [0.2, 0.25) is 0 Å². The molecule has 2 fully saturated rings. The molecule has 3 nitrogen and oxygen atoms in total. The number of nitrogens with zero attached hydrogens (tertiary/aromatic N) is 2. The van der Waals surface area contributed by atoms with Gasteiger partial charge in [-0.2, -0.15) is 0 Å². The molecule has 0 aromatic carbocycles. The van der Waals surface area contributed by atoms with E-state index in [1.807, 2.05) is 0 Å². The molecule has 2 rings (SSSR count). The van der Waals surface area contributed by atoms with E-state index < -0.39 is 0 Å². The Kier molecular flexibility index (Phi) is 5.26. The Labute approximate surface area is 106 Å². The van der Waals surface area contributed by atoms with E-state index in [9.17, 15) is 0 Å². The summed E-state index contributed by atoms with van der Waals surface area (Å²) in [5, 5.41) is 0. The molecule has 2 aliphatic heterocycles. The lowest BCUT2D eigenvalue weighted by atomic mass is 10.0. The highest BCUT2D eigenvalue weighted by Gasteiger charge is 2.21. The van der Waals surface area contributed by atoms with E-state index in [-0.39, 0.29) is 0 Å². The maximum Gasteiger partial charge on any atom is 0.0576 e. The highest BCUT2D eigenvalue weighted by Crippen LogP contribution is 2.18. The van der Waals surface area contributed by atoms with E-state index in [4.69, 9.17) is 4.74 Å². The number of hydrogen-bond donors (Lipinski definition) is 0. The van der Waals surface area contributed by atoms with Crippen molar-refractivity contribution in [1.29, 1.82) is 0 Å². The summed E-state index contributed by atoms with van der Waals surface area (Å²) >= 11 is 0. The van der Waals surface area contributed by atoms with Crippen molar-refractivity contribution in [3.8, 4) is 0 Å². The van der Waals surface area contributed by atoms with Gasteiger partial charge in [0.1, 0.15) is 0 Å². The van der Waals surface area contributed by atoms with Crippen molar-refractivity contribution in [3.63, 3.8) is 0 Å². The Hall–Kier alpha value is -0.120. The normalized spacial score (nSPS) is 28.1. The predicted molar refractivity (Wildman–Crippen MR) is 71.4 cm³/mol. The van der Waals surface area contributed by atoms with Gasteiger partial charge in [-0.3, -0.25) is 0 Å². The number of piperidine rings is 1. The fourth-order valence-electron chi connectivity index (χ4n) is 3.06. The predicted octanol–water partition coefficient (Wildman–Crippen LogP) is 1.97. The molecule has 100 valence electrons. The quantitative estimate of drug-likeness (QED) is 0.731. The molecule has 1 atom stereocenters. The van der Waals surface area contributed by atoms with Gasteiger partial charge >= 0.3 is 0 Å². The van der Waals surface area contributed by atoms with Gasteiger partial charge in [0.05, 0.1) is 6.10 Å². The Morgan fingerprint density at radius 3 is 2.65 bits per heavy atom. The highest BCUT2D eigenvalue weighted by molar-refractivity contribution is 4.77. The van der Waals surface area contributed by atoms with Crippen LogP contribution in [-0.2, 0) is 4.74 Å². The van der Waals surface area contributed by atoms with Crippen LogP contribution in [0, 0.1) is 0 Å². The van der Waals surface area contributed by atoms with Crippen LogP contribution in [0.1, 0.15) is 38.5 Å². The van der Waals surface area contributed by atoms with E-state index in [0.717, 1.165) is 12.6 Å². The second-order valence-electron chi connectivity index (χ2n) is 5.79. The number of hydrogen-bond acceptors (Lipinski definition) is 3. The molecule has 0 aliphatic carbocycles. The zero-order valence-corrected chi connectivity index (χ0v) is 11.5. The molecule has 0 aromatic rings. The summed E-state index contributed by atoms with van der Waals surface area (Å²) in [6.45, 7) is 4.77. The molecule has 0 saturated carbocycles. The van der Waals surface area contributed by atoms with Crippen LogP contribution in [0.25, 0.3) is 0 Å². The minimum Gasteiger partial charge on any atom is -0.378 e. The third kappa shape index (κ3) is 4.23. The Balaban J connectivity index is 1.58. The summed E-state index contributed by atoms with van der Waals surface area (Å²) in [4.78, 5) is 5.01. The van der Waals surface area contributed by atoms with Crippen molar-refractivity contribution >= 4 is 0 Å². The molecule has 0 aromatic heterocycles. The monoisotopic (exact) mass is 240 g/mol. The fourth-order valence-corrected chi connectivity index (χ4v) is 3.06. The molecule has 0 amide bonds. The standard InChI is InChI=1S/C14H28N2O/c1-15-10-7-13(8-11-15)16(2)9-3-5-14-6-4-12-17-14/h13-14H,3-12H2,1-2H3/t14-/m1/s1. The molecule has 0 spiro atoms. The van der Waals surface area contributed by atoms with Crippen LogP contribution < -0.4 is 0 Å². The average molecular weight is 240 g/mol. The summed E-state index contributed by atoms with van der Waals surface area (Å²) < 4.78 is 5.67. The third-order valence-electron chi connectivity index (χ3n) is 4.37. The van der Waals surface area contributed by atoms with E-state index in [1.165, 1.54) is 58.2 Å². The first-order chi connectivity index (χ1) is 8.25. The van der Waals surface area contributed by atoms with Crippen molar-refractivity contribution < 1.29 is 4.74 Å².